The summed E-state index contributed by atoms with van der Waals surface area (Å²) in [7, 11) is -3.74. The van der Waals surface area contributed by atoms with E-state index in [-0.39, 0.29) is 0 Å². The Morgan fingerprint density at radius 3 is 2.10 bits per heavy atom. The summed E-state index contributed by atoms with van der Waals surface area (Å²) in [5.74, 6) is -0.953. The number of benzene rings is 1. The molecule has 0 bridgehead atoms. The van der Waals surface area contributed by atoms with Crippen LogP contribution in [0.5, 0.6) is 0 Å². The first-order valence-electron chi connectivity index (χ1n) is 6.16. The van der Waals surface area contributed by atoms with Crippen LogP contribution in [-0.4, -0.2) is 41.6 Å². The number of carbonyl (C=O) groups excluding carboxylic acids is 2. The minimum absolute atomic E-state index is 0.418. The molecule has 0 saturated carbocycles. The fraction of sp³-hybridized carbons (Fsp3) is 0.308. The zero-order valence-corrected chi connectivity index (χ0v) is 12.7. The van der Waals surface area contributed by atoms with Crippen LogP contribution in [0.15, 0.2) is 35.4 Å². The van der Waals surface area contributed by atoms with E-state index in [9.17, 15) is 18.0 Å². The van der Waals surface area contributed by atoms with E-state index in [0.29, 0.717) is 5.56 Å². The van der Waals surface area contributed by atoms with E-state index in [2.05, 4.69) is 5.10 Å². The van der Waals surface area contributed by atoms with Gasteiger partial charge in [-0.2, -0.15) is 0 Å². The average molecular weight is 309 g/mol. The number of amides is 2. The quantitative estimate of drug-likeness (QED) is 0.764. The van der Waals surface area contributed by atoms with E-state index in [1.165, 1.54) is 13.8 Å². The zero-order chi connectivity index (χ0) is 15.8. The first-order chi connectivity index (χ1) is 9.73. The Kier molecular flexibility index (Phi) is 3.82. The van der Waals surface area contributed by atoms with Crippen molar-refractivity contribution < 1.29 is 18.0 Å². The minimum atomic E-state index is -3.74. The Hall–Kier alpha value is -2.22. The van der Waals surface area contributed by atoms with E-state index in [4.69, 9.17) is 0 Å². The molecular formula is C13H15N3O4S. The molecule has 2 rings (SSSR count). The number of amidine groups is 1. The molecule has 0 fully saturated rings. The molecule has 1 aromatic carbocycles. The summed E-state index contributed by atoms with van der Waals surface area (Å²) in [6.07, 6.45) is 0.0684. The van der Waals surface area contributed by atoms with Gasteiger partial charge in [0.05, 0.1) is 0 Å². The number of hydrazone groups is 1. The van der Waals surface area contributed by atoms with E-state index < -0.39 is 33.0 Å². The third-order valence-electron chi connectivity index (χ3n) is 2.97. The molecule has 0 saturated heterocycles. The van der Waals surface area contributed by atoms with Crippen LogP contribution in [0.3, 0.4) is 0 Å². The van der Waals surface area contributed by atoms with Crippen LogP contribution < -0.4 is 0 Å². The molecule has 0 spiro atoms. The maximum absolute atomic E-state index is 11.9. The molecule has 0 aliphatic carbocycles. The predicted octanol–water partition coefficient (Wildman–Crippen LogP) is 0.711. The van der Waals surface area contributed by atoms with Crippen molar-refractivity contribution in [2.24, 2.45) is 5.10 Å². The van der Waals surface area contributed by atoms with E-state index in [0.717, 1.165) is 16.2 Å². The number of hydrogen-bond donors (Lipinski definition) is 0. The summed E-state index contributed by atoms with van der Waals surface area (Å²) in [5.41, 5.74) is 0.602. The number of sulfone groups is 1. The average Bonchev–Trinajstić information content (AvgIpc) is 2.80. The Morgan fingerprint density at radius 1 is 1.10 bits per heavy atom. The molecule has 1 aromatic rings. The van der Waals surface area contributed by atoms with Gasteiger partial charge in [-0.05, 0) is 5.56 Å². The van der Waals surface area contributed by atoms with Crippen LogP contribution in [-0.2, 0) is 19.4 Å². The van der Waals surface area contributed by atoms with Crippen LogP contribution >= 0.6 is 0 Å². The van der Waals surface area contributed by atoms with Crippen molar-refractivity contribution in [1.82, 2.24) is 9.91 Å². The lowest BCUT2D eigenvalue weighted by atomic mass is 10.1. The molecule has 1 atom stereocenters. The normalized spacial score (nSPS) is 18.6. The number of nitrogens with zero attached hydrogens (tertiary/aromatic N) is 3. The number of carbonyl (C=O) groups is 2. The molecule has 1 heterocycles. The fourth-order valence-corrected chi connectivity index (χ4v) is 2.95. The zero-order valence-electron chi connectivity index (χ0n) is 11.8. The lowest BCUT2D eigenvalue weighted by Gasteiger charge is -2.27. The van der Waals surface area contributed by atoms with Gasteiger partial charge >= 0.3 is 0 Å². The summed E-state index contributed by atoms with van der Waals surface area (Å²) < 4.78 is 23.7. The Labute approximate surface area is 122 Å². The van der Waals surface area contributed by atoms with E-state index in [1.807, 2.05) is 0 Å². The summed E-state index contributed by atoms with van der Waals surface area (Å²) >= 11 is 0. The molecule has 8 heteroatoms. The van der Waals surface area contributed by atoms with Crippen molar-refractivity contribution in [2.75, 3.05) is 6.26 Å². The monoisotopic (exact) mass is 309 g/mol. The van der Waals surface area contributed by atoms with Gasteiger partial charge < -0.3 is 0 Å². The van der Waals surface area contributed by atoms with Crippen molar-refractivity contribution in [3.63, 3.8) is 0 Å². The molecule has 0 radical (unpaired) electrons. The van der Waals surface area contributed by atoms with E-state index in [1.54, 1.807) is 30.3 Å². The molecule has 1 aliphatic heterocycles. The van der Waals surface area contributed by atoms with Crippen LogP contribution in [0.4, 0.5) is 0 Å². The smallest absolute Gasteiger partial charge is 0.250 e. The summed E-state index contributed by atoms with van der Waals surface area (Å²) in [5, 5.41) is 4.43. The predicted molar refractivity (Wildman–Crippen MR) is 76.5 cm³/mol. The van der Waals surface area contributed by atoms with Crippen LogP contribution in [0.1, 0.15) is 25.6 Å². The summed E-state index contributed by atoms with van der Waals surface area (Å²) in [6, 6.07) is 8.68. The topological polar surface area (TPSA) is 87.1 Å². The maximum atomic E-state index is 11.9. The molecular weight excluding hydrogens is 294 g/mol. The van der Waals surface area contributed by atoms with Gasteiger partial charge in [-0.15, -0.1) is 5.10 Å². The molecule has 0 aromatic heterocycles. The summed E-state index contributed by atoms with van der Waals surface area (Å²) in [4.78, 5) is 24.7. The van der Waals surface area contributed by atoms with Gasteiger partial charge in [0.25, 0.3) is 5.17 Å². The summed E-state index contributed by atoms with van der Waals surface area (Å²) in [6.45, 7) is 2.50. The van der Waals surface area contributed by atoms with Crippen molar-refractivity contribution >= 4 is 26.8 Å². The highest BCUT2D eigenvalue weighted by Crippen LogP contribution is 2.32. The van der Waals surface area contributed by atoms with Crippen LogP contribution in [0, 0.1) is 0 Å². The van der Waals surface area contributed by atoms with Gasteiger partial charge in [-0.3, -0.25) is 14.5 Å². The Balaban J connectivity index is 2.62. The highest BCUT2D eigenvalue weighted by molar-refractivity contribution is 8.05. The fourth-order valence-electron chi connectivity index (χ4n) is 2.13. The van der Waals surface area contributed by atoms with Crippen LogP contribution in [0.25, 0.3) is 0 Å². The second kappa shape index (κ2) is 5.28. The molecule has 7 nitrogen and oxygen atoms in total. The number of rotatable bonds is 1. The van der Waals surface area contributed by atoms with E-state index >= 15 is 0 Å². The highest BCUT2D eigenvalue weighted by Gasteiger charge is 2.43. The third-order valence-corrected chi connectivity index (χ3v) is 3.91. The first-order valence-corrected chi connectivity index (χ1v) is 8.06. The first kappa shape index (κ1) is 15.2. The van der Waals surface area contributed by atoms with Gasteiger partial charge in [-0.25, -0.2) is 13.4 Å². The van der Waals surface area contributed by atoms with Gasteiger partial charge in [0.1, 0.15) is 0 Å². The van der Waals surface area contributed by atoms with Crippen molar-refractivity contribution in [3.05, 3.63) is 35.9 Å². The van der Waals surface area contributed by atoms with Gasteiger partial charge in [0.2, 0.25) is 21.7 Å². The largest absolute Gasteiger partial charge is 0.275 e. The highest BCUT2D eigenvalue weighted by atomic mass is 32.2. The van der Waals surface area contributed by atoms with Crippen LogP contribution in [0.2, 0.25) is 0 Å². The molecule has 1 aliphatic rings. The molecule has 0 N–H and O–H groups in total. The van der Waals surface area contributed by atoms with Gasteiger partial charge in [0.15, 0.2) is 6.17 Å². The lowest BCUT2D eigenvalue weighted by Crippen LogP contribution is -2.41. The number of hydrogen-bond acceptors (Lipinski definition) is 5. The SMILES string of the molecule is CC(=O)N1N=C(S(C)(=O)=O)N(C(C)=O)C1c1ccccc1. The molecule has 21 heavy (non-hydrogen) atoms. The molecule has 1 unspecified atom stereocenters. The van der Waals surface area contributed by atoms with Crippen molar-refractivity contribution in [3.8, 4) is 0 Å². The van der Waals surface area contributed by atoms with Gasteiger partial charge in [0, 0.05) is 20.1 Å². The van der Waals surface area contributed by atoms with Gasteiger partial charge in [-0.1, -0.05) is 30.3 Å². The minimum Gasteiger partial charge on any atom is -0.275 e. The lowest BCUT2D eigenvalue weighted by molar-refractivity contribution is -0.136. The Morgan fingerprint density at radius 2 is 1.67 bits per heavy atom. The second-order valence-corrected chi connectivity index (χ2v) is 6.60. The molecule has 2 amide bonds. The molecule has 112 valence electrons. The standard InChI is InChI=1S/C13H15N3O4S/c1-9(17)15-12(11-7-5-4-6-8-11)16(10(2)18)14-13(15)21(3,19)20/h4-8,12H,1-3H3. The van der Waals surface area contributed by atoms with Crippen molar-refractivity contribution in [2.45, 2.75) is 20.0 Å². The maximum Gasteiger partial charge on any atom is 0.250 e. The second-order valence-electron chi connectivity index (χ2n) is 4.69. The van der Waals surface area contributed by atoms with Crippen molar-refractivity contribution in [1.29, 1.82) is 0 Å². The third kappa shape index (κ3) is 2.80. The Bertz CT molecular complexity index is 712.